The Hall–Kier alpha value is -2.36. The molecule has 0 radical (unpaired) electrons. The van der Waals surface area contributed by atoms with Crippen molar-refractivity contribution in [3.8, 4) is 5.75 Å². The van der Waals surface area contributed by atoms with Crippen molar-refractivity contribution in [1.29, 1.82) is 0 Å². The SMILES string of the molecule is Cc1ccc(S(=O)(=O)Nc2ccc(Cl)c(OCCN(C)C)c2)cc1[N+](=O)[O-]. The van der Waals surface area contributed by atoms with Gasteiger partial charge in [0.2, 0.25) is 0 Å². The second-order valence-corrected chi connectivity index (χ2v) is 8.20. The molecule has 0 aliphatic carbocycles. The molecular weight excluding hydrogens is 394 g/mol. The molecule has 27 heavy (non-hydrogen) atoms. The molecule has 0 unspecified atom stereocenters. The molecule has 0 atom stereocenters. The lowest BCUT2D eigenvalue weighted by Crippen LogP contribution is -2.19. The van der Waals surface area contributed by atoms with Crippen molar-refractivity contribution in [2.75, 3.05) is 32.0 Å². The van der Waals surface area contributed by atoms with Gasteiger partial charge in [-0.2, -0.15) is 0 Å². The fraction of sp³-hybridized carbons (Fsp3) is 0.294. The van der Waals surface area contributed by atoms with Crippen LogP contribution in [0.5, 0.6) is 5.75 Å². The van der Waals surface area contributed by atoms with Crippen LogP contribution in [0.1, 0.15) is 5.56 Å². The van der Waals surface area contributed by atoms with Crippen molar-refractivity contribution in [1.82, 2.24) is 4.90 Å². The van der Waals surface area contributed by atoms with Gasteiger partial charge in [-0.05, 0) is 39.2 Å². The number of anilines is 1. The Labute approximate surface area is 162 Å². The van der Waals surface area contributed by atoms with E-state index in [9.17, 15) is 18.5 Å². The molecular formula is C17H20ClN3O5S. The zero-order chi connectivity index (χ0) is 20.2. The number of rotatable bonds is 8. The molecule has 1 N–H and O–H groups in total. The smallest absolute Gasteiger partial charge is 0.273 e. The lowest BCUT2D eigenvalue weighted by atomic mass is 10.2. The fourth-order valence-corrected chi connectivity index (χ4v) is 3.42. The molecule has 8 nitrogen and oxygen atoms in total. The van der Waals surface area contributed by atoms with E-state index in [4.69, 9.17) is 16.3 Å². The van der Waals surface area contributed by atoms with Crippen molar-refractivity contribution in [2.24, 2.45) is 0 Å². The number of likely N-dealkylation sites (N-methyl/N-ethyl adjacent to an activating group) is 1. The van der Waals surface area contributed by atoms with E-state index in [-0.39, 0.29) is 16.3 Å². The molecule has 0 aliphatic rings. The van der Waals surface area contributed by atoms with Crippen molar-refractivity contribution in [3.05, 3.63) is 57.1 Å². The molecule has 0 amide bonds. The van der Waals surface area contributed by atoms with Gasteiger partial charge in [-0.3, -0.25) is 14.8 Å². The highest BCUT2D eigenvalue weighted by Gasteiger charge is 2.20. The van der Waals surface area contributed by atoms with Crippen LogP contribution in [0.2, 0.25) is 5.02 Å². The van der Waals surface area contributed by atoms with Gasteiger partial charge in [0.1, 0.15) is 12.4 Å². The average molecular weight is 414 g/mol. The molecule has 0 heterocycles. The zero-order valence-electron chi connectivity index (χ0n) is 15.1. The second-order valence-electron chi connectivity index (χ2n) is 6.11. The third-order valence-corrected chi connectivity index (χ3v) is 5.36. The predicted molar refractivity (Wildman–Crippen MR) is 104 cm³/mol. The Kier molecular flexibility index (Phi) is 6.63. The van der Waals surface area contributed by atoms with Crippen molar-refractivity contribution >= 4 is 33.0 Å². The largest absolute Gasteiger partial charge is 0.491 e. The summed E-state index contributed by atoms with van der Waals surface area (Å²) in [7, 11) is -0.213. The number of nitrogens with one attached hydrogen (secondary N) is 1. The minimum atomic E-state index is -4.01. The number of hydrogen-bond donors (Lipinski definition) is 1. The van der Waals surface area contributed by atoms with Crippen LogP contribution in [0.15, 0.2) is 41.3 Å². The first-order valence-corrected chi connectivity index (χ1v) is 9.81. The maximum absolute atomic E-state index is 12.6. The van der Waals surface area contributed by atoms with Crippen LogP contribution in [0.3, 0.4) is 0 Å². The number of aryl methyl sites for hydroxylation is 1. The minimum absolute atomic E-state index is 0.204. The lowest BCUT2D eigenvalue weighted by Gasteiger charge is -2.14. The Morgan fingerprint density at radius 2 is 1.93 bits per heavy atom. The maximum Gasteiger partial charge on any atom is 0.273 e. The maximum atomic E-state index is 12.6. The van der Waals surface area contributed by atoms with Gasteiger partial charge >= 0.3 is 0 Å². The predicted octanol–water partition coefficient (Wildman–Crippen LogP) is 3.30. The monoisotopic (exact) mass is 413 g/mol. The van der Waals surface area contributed by atoms with Crippen LogP contribution in [0.4, 0.5) is 11.4 Å². The Balaban J connectivity index is 2.25. The second kappa shape index (κ2) is 8.55. The number of nitrogens with zero attached hydrogens (tertiary/aromatic N) is 2. The fourth-order valence-electron chi connectivity index (χ4n) is 2.18. The molecule has 2 aromatic carbocycles. The van der Waals surface area contributed by atoms with Gasteiger partial charge in [0.15, 0.2) is 0 Å². The highest BCUT2D eigenvalue weighted by atomic mass is 35.5. The number of sulfonamides is 1. The van der Waals surface area contributed by atoms with Crippen molar-refractivity contribution in [2.45, 2.75) is 11.8 Å². The number of benzene rings is 2. The number of ether oxygens (including phenoxy) is 1. The van der Waals surface area contributed by atoms with E-state index >= 15 is 0 Å². The third kappa shape index (κ3) is 5.56. The van der Waals surface area contributed by atoms with Gasteiger partial charge in [-0.1, -0.05) is 17.7 Å². The van der Waals surface area contributed by atoms with Crippen molar-refractivity contribution < 1.29 is 18.1 Å². The molecule has 0 fully saturated rings. The van der Waals surface area contributed by atoms with Crippen LogP contribution in [-0.2, 0) is 10.0 Å². The minimum Gasteiger partial charge on any atom is -0.491 e. The molecule has 0 aliphatic heterocycles. The van der Waals surface area contributed by atoms with Gasteiger partial charge in [-0.15, -0.1) is 0 Å². The first kappa shape index (κ1) is 20.9. The standard InChI is InChI=1S/C17H20ClN3O5S/c1-12-4-6-14(11-16(12)21(22)23)27(24,25)19-13-5-7-15(18)17(10-13)26-9-8-20(2)3/h4-7,10-11,19H,8-9H2,1-3H3. The number of nitro groups is 1. The molecule has 2 rings (SSSR count). The molecule has 10 heteroatoms. The summed E-state index contributed by atoms with van der Waals surface area (Å²) in [6.45, 7) is 2.59. The van der Waals surface area contributed by atoms with Crippen LogP contribution >= 0.6 is 11.6 Å². The van der Waals surface area contributed by atoms with Gasteiger partial charge in [0.05, 0.1) is 20.5 Å². The van der Waals surface area contributed by atoms with E-state index in [1.165, 1.54) is 30.3 Å². The van der Waals surface area contributed by atoms with Gasteiger partial charge in [0, 0.05) is 24.2 Å². The number of nitro benzene ring substituents is 1. The van der Waals surface area contributed by atoms with Gasteiger partial charge in [0.25, 0.3) is 15.7 Å². The topological polar surface area (TPSA) is 102 Å². The van der Waals surface area contributed by atoms with Crippen LogP contribution in [-0.4, -0.2) is 45.5 Å². The molecule has 0 aromatic heterocycles. The molecule has 0 spiro atoms. The summed E-state index contributed by atoms with van der Waals surface area (Å²) in [5.74, 6) is 0.341. The molecule has 0 saturated heterocycles. The lowest BCUT2D eigenvalue weighted by molar-refractivity contribution is -0.385. The molecule has 0 saturated carbocycles. The highest BCUT2D eigenvalue weighted by molar-refractivity contribution is 7.92. The summed E-state index contributed by atoms with van der Waals surface area (Å²) in [4.78, 5) is 12.2. The van der Waals surface area contributed by atoms with E-state index in [1.807, 2.05) is 19.0 Å². The summed E-state index contributed by atoms with van der Waals surface area (Å²) in [6, 6.07) is 8.21. The van der Waals surface area contributed by atoms with E-state index in [2.05, 4.69) is 4.72 Å². The molecule has 0 bridgehead atoms. The zero-order valence-corrected chi connectivity index (χ0v) is 16.7. The summed E-state index contributed by atoms with van der Waals surface area (Å²) in [5.41, 5.74) is 0.353. The quantitative estimate of drug-likeness (QED) is 0.526. The first-order valence-electron chi connectivity index (χ1n) is 7.95. The Bertz CT molecular complexity index is 948. The number of halogens is 1. The van der Waals surface area contributed by atoms with E-state index in [0.717, 1.165) is 6.07 Å². The summed E-state index contributed by atoms with van der Waals surface area (Å²) in [5, 5.41) is 11.4. The van der Waals surface area contributed by atoms with Crippen molar-refractivity contribution in [3.63, 3.8) is 0 Å². The molecule has 146 valence electrons. The summed E-state index contributed by atoms with van der Waals surface area (Å²) < 4.78 is 33.1. The van der Waals surface area contributed by atoms with Crippen LogP contribution < -0.4 is 9.46 Å². The van der Waals surface area contributed by atoms with E-state index in [1.54, 1.807) is 6.92 Å². The van der Waals surface area contributed by atoms with Gasteiger partial charge in [-0.25, -0.2) is 8.42 Å². The summed E-state index contributed by atoms with van der Waals surface area (Å²) in [6.07, 6.45) is 0. The van der Waals surface area contributed by atoms with Crippen LogP contribution in [0.25, 0.3) is 0 Å². The Morgan fingerprint density at radius 3 is 2.56 bits per heavy atom. The number of hydrogen-bond acceptors (Lipinski definition) is 6. The Morgan fingerprint density at radius 1 is 1.22 bits per heavy atom. The van der Waals surface area contributed by atoms with E-state index in [0.29, 0.717) is 29.5 Å². The third-order valence-electron chi connectivity index (χ3n) is 3.67. The summed E-state index contributed by atoms with van der Waals surface area (Å²) >= 11 is 6.08. The van der Waals surface area contributed by atoms with Crippen LogP contribution in [0, 0.1) is 17.0 Å². The van der Waals surface area contributed by atoms with E-state index < -0.39 is 14.9 Å². The highest BCUT2D eigenvalue weighted by Crippen LogP contribution is 2.30. The first-order chi connectivity index (χ1) is 12.6. The average Bonchev–Trinajstić information content (AvgIpc) is 2.57. The normalized spacial score (nSPS) is 11.4. The molecule has 2 aromatic rings. The van der Waals surface area contributed by atoms with Gasteiger partial charge < -0.3 is 9.64 Å².